The predicted molar refractivity (Wildman–Crippen MR) is 96.9 cm³/mol. The SMILES string of the molecule is COc1cc(C(=O)N2CCC(c3c[nH]c4ncccc34)CC2)ccc1F. The first kappa shape index (κ1) is 16.6. The molecule has 2 aromatic heterocycles. The maximum absolute atomic E-state index is 13.6. The Labute approximate surface area is 150 Å². The van der Waals surface area contributed by atoms with Crippen molar-refractivity contribution in [1.82, 2.24) is 14.9 Å². The van der Waals surface area contributed by atoms with E-state index in [9.17, 15) is 9.18 Å². The molecule has 6 heteroatoms. The van der Waals surface area contributed by atoms with Crippen LogP contribution in [0.25, 0.3) is 11.0 Å². The standard InChI is InChI=1S/C20H20FN3O2/c1-26-18-11-14(4-5-17(18)21)20(25)24-9-6-13(7-10-24)16-12-23-19-15(16)3-2-8-22-19/h2-5,8,11-13H,6-7,9-10H2,1H3,(H,22,23). The van der Waals surface area contributed by atoms with Gasteiger partial charge in [0.15, 0.2) is 11.6 Å². The Morgan fingerprint density at radius 1 is 1.31 bits per heavy atom. The molecule has 1 N–H and O–H groups in total. The summed E-state index contributed by atoms with van der Waals surface area (Å²) in [5.74, 6) is -0.0465. The molecule has 26 heavy (non-hydrogen) atoms. The summed E-state index contributed by atoms with van der Waals surface area (Å²) in [4.78, 5) is 22.1. The van der Waals surface area contributed by atoms with Crippen LogP contribution in [-0.4, -0.2) is 41.0 Å². The van der Waals surface area contributed by atoms with Gasteiger partial charge in [-0.05, 0) is 54.7 Å². The van der Waals surface area contributed by atoms with E-state index in [1.54, 1.807) is 6.20 Å². The lowest BCUT2D eigenvalue weighted by atomic mass is 9.89. The first-order valence-electron chi connectivity index (χ1n) is 8.72. The molecule has 0 aliphatic carbocycles. The fourth-order valence-electron chi connectivity index (χ4n) is 3.68. The van der Waals surface area contributed by atoms with E-state index in [0.717, 1.165) is 23.9 Å². The molecule has 0 unspecified atom stereocenters. The second-order valence-electron chi connectivity index (χ2n) is 6.56. The van der Waals surface area contributed by atoms with Crippen LogP contribution >= 0.6 is 0 Å². The number of aromatic nitrogens is 2. The van der Waals surface area contributed by atoms with Crippen molar-refractivity contribution in [3.8, 4) is 5.75 Å². The van der Waals surface area contributed by atoms with Crippen LogP contribution in [0.3, 0.4) is 0 Å². The van der Waals surface area contributed by atoms with Gasteiger partial charge < -0.3 is 14.6 Å². The number of amides is 1. The molecular weight excluding hydrogens is 333 g/mol. The predicted octanol–water partition coefficient (Wildman–Crippen LogP) is 3.73. The molecule has 0 saturated carbocycles. The maximum Gasteiger partial charge on any atom is 0.253 e. The van der Waals surface area contributed by atoms with Crippen LogP contribution in [0, 0.1) is 5.82 Å². The summed E-state index contributed by atoms with van der Waals surface area (Å²) in [6.07, 6.45) is 5.60. The highest BCUT2D eigenvalue weighted by Gasteiger charge is 2.26. The number of benzene rings is 1. The van der Waals surface area contributed by atoms with Gasteiger partial charge in [-0.1, -0.05) is 0 Å². The number of nitrogens with one attached hydrogen (secondary N) is 1. The number of fused-ring (bicyclic) bond motifs is 1. The molecule has 1 aliphatic heterocycles. The van der Waals surface area contributed by atoms with E-state index >= 15 is 0 Å². The lowest BCUT2D eigenvalue weighted by Crippen LogP contribution is -2.37. The molecule has 0 bridgehead atoms. The minimum absolute atomic E-state index is 0.0812. The Morgan fingerprint density at radius 2 is 2.12 bits per heavy atom. The van der Waals surface area contributed by atoms with Gasteiger partial charge in [0.05, 0.1) is 7.11 Å². The highest BCUT2D eigenvalue weighted by Crippen LogP contribution is 2.33. The number of H-pyrrole nitrogens is 1. The number of likely N-dealkylation sites (tertiary alicyclic amines) is 1. The Balaban J connectivity index is 1.47. The zero-order valence-corrected chi connectivity index (χ0v) is 14.5. The number of ether oxygens (including phenoxy) is 1. The van der Waals surface area contributed by atoms with E-state index in [1.807, 2.05) is 17.2 Å². The second-order valence-corrected chi connectivity index (χ2v) is 6.56. The van der Waals surface area contributed by atoms with Gasteiger partial charge in [-0.3, -0.25) is 4.79 Å². The number of rotatable bonds is 3. The monoisotopic (exact) mass is 353 g/mol. The van der Waals surface area contributed by atoms with Crippen molar-refractivity contribution >= 4 is 16.9 Å². The number of carbonyl (C=O) groups is 1. The zero-order chi connectivity index (χ0) is 18.1. The third-order valence-corrected chi connectivity index (χ3v) is 5.10. The minimum atomic E-state index is -0.462. The van der Waals surface area contributed by atoms with Gasteiger partial charge in [-0.2, -0.15) is 0 Å². The largest absolute Gasteiger partial charge is 0.494 e. The average molecular weight is 353 g/mol. The van der Waals surface area contributed by atoms with Crippen molar-refractivity contribution in [3.05, 3.63) is 59.7 Å². The average Bonchev–Trinajstić information content (AvgIpc) is 3.12. The van der Waals surface area contributed by atoms with Crippen LogP contribution in [0.2, 0.25) is 0 Å². The highest BCUT2D eigenvalue weighted by molar-refractivity contribution is 5.94. The van der Waals surface area contributed by atoms with E-state index in [4.69, 9.17) is 4.74 Å². The fraction of sp³-hybridized carbons (Fsp3) is 0.300. The highest BCUT2D eigenvalue weighted by atomic mass is 19.1. The summed E-state index contributed by atoms with van der Waals surface area (Å²) in [6.45, 7) is 1.35. The second kappa shape index (κ2) is 6.78. The number of piperidine rings is 1. The summed E-state index contributed by atoms with van der Waals surface area (Å²) in [5, 5.41) is 1.15. The van der Waals surface area contributed by atoms with Gasteiger partial charge in [0.2, 0.25) is 0 Å². The number of methoxy groups -OCH3 is 1. The van der Waals surface area contributed by atoms with Crippen LogP contribution in [0.4, 0.5) is 4.39 Å². The lowest BCUT2D eigenvalue weighted by molar-refractivity contribution is 0.0713. The third-order valence-electron chi connectivity index (χ3n) is 5.10. The van der Waals surface area contributed by atoms with Gasteiger partial charge >= 0.3 is 0 Å². The van der Waals surface area contributed by atoms with Crippen molar-refractivity contribution in [2.75, 3.05) is 20.2 Å². The molecule has 0 spiro atoms. The summed E-state index contributed by atoms with van der Waals surface area (Å²) >= 11 is 0. The van der Waals surface area contributed by atoms with E-state index in [2.05, 4.69) is 16.0 Å². The smallest absolute Gasteiger partial charge is 0.253 e. The topological polar surface area (TPSA) is 58.2 Å². The van der Waals surface area contributed by atoms with Gasteiger partial charge in [0.25, 0.3) is 5.91 Å². The Hall–Kier alpha value is -2.89. The van der Waals surface area contributed by atoms with Gasteiger partial charge in [-0.25, -0.2) is 9.37 Å². The lowest BCUT2D eigenvalue weighted by Gasteiger charge is -2.32. The molecule has 3 aromatic rings. The van der Waals surface area contributed by atoms with Crippen LogP contribution in [0.15, 0.2) is 42.7 Å². The third kappa shape index (κ3) is 2.92. The van der Waals surface area contributed by atoms with E-state index in [0.29, 0.717) is 24.6 Å². The Morgan fingerprint density at radius 3 is 2.88 bits per heavy atom. The molecule has 0 radical (unpaired) electrons. The number of hydrogen-bond donors (Lipinski definition) is 1. The maximum atomic E-state index is 13.6. The van der Waals surface area contributed by atoms with Gasteiger partial charge in [-0.15, -0.1) is 0 Å². The molecule has 0 atom stereocenters. The molecule has 1 aliphatic rings. The van der Waals surface area contributed by atoms with Gasteiger partial charge in [0, 0.05) is 36.4 Å². The molecule has 1 amide bonds. The fourth-order valence-corrected chi connectivity index (χ4v) is 3.68. The van der Waals surface area contributed by atoms with Crippen LogP contribution < -0.4 is 4.74 Å². The molecule has 1 saturated heterocycles. The molecule has 4 rings (SSSR count). The van der Waals surface area contributed by atoms with Crippen molar-refractivity contribution < 1.29 is 13.9 Å². The molecular formula is C20H20FN3O2. The van der Waals surface area contributed by atoms with Crippen molar-refractivity contribution in [1.29, 1.82) is 0 Å². The summed E-state index contributed by atoms with van der Waals surface area (Å²) < 4.78 is 18.5. The van der Waals surface area contributed by atoms with Crippen molar-refractivity contribution in [3.63, 3.8) is 0 Å². The van der Waals surface area contributed by atoms with Crippen LogP contribution in [-0.2, 0) is 0 Å². The number of hydrogen-bond acceptors (Lipinski definition) is 3. The number of pyridine rings is 1. The number of nitrogens with zero attached hydrogens (tertiary/aromatic N) is 2. The number of aromatic amines is 1. The quantitative estimate of drug-likeness (QED) is 0.780. The molecule has 1 fully saturated rings. The number of halogens is 1. The van der Waals surface area contributed by atoms with Crippen LogP contribution in [0.1, 0.15) is 34.7 Å². The summed E-state index contributed by atoms with van der Waals surface area (Å²) in [5.41, 5.74) is 2.63. The first-order chi connectivity index (χ1) is 12.7. The molecule has 3 heterocycles. The summed E-state index contributed by atoms with van der Waals surface area (Å²) in [6, 6.07) is 8.28. The number of carbonyl (C=O) groups excluding carboxylic acids is 1. The van der Waals surface area contributed by atoms with E-state index in [1.165, 1.54) is 30.9 Å². The van der Waals surface area contributed by atoms with E-state index < -0.39 is 5.82 Å². The Kier molecular flexibility index (Phi) is 4.32. The zero-order valence-electron chi connectivity index (χ0n) is 14.5. The van der Waals surface area contributed by atoms with Gasteiger partial charge in [0.1, 0.15) is 5.65 Å². The molecule has 5 nitrogen and oxygen atoms in total. The van der Waals surface area contributed by atoms with Crippen LogP contribution in [0.5, 0.6) is 5.75 Å². The first-order valence-corrected chi connectivity index (χ1v) is 8.72. The molecule has 134 valence electrons. The van der Waals surface area contributed by atoms with E-state index in [-0.39, 0.29) is 11.7 Å². The Bertz CT molecular complexity index is 945. The van der Waals surface area contributed by atoms with Crippen molar-refractivity contribution in [2.24, 2.45) is 0 Å². The minimum Gasteiger partial charge on any atom is -0.494 e. The summed E-state index contributed by atoms with van der Waals surface area (Å²) in [7, 11) is 1.40. The molecule has 1 aromatic carbocycles. The normalized spacial score (nSPS) is 15.4. The van der Waals surface area contributed by atoms with Crippen molar-refractivity contribution in [2.45, 2.75) is 18.8 Å².